The Kier molecular flexibility index (Phi) is 3.68. The zero-order chi connectivity index (χ0) is 14.0. The van der Waals surface area contributed by atoms with Crippen molar-refractivity contribution in [2.75, 3.05) is 32.2 Å². The first-order valence-corrected chi connectivity index (χ1v) is 6.40. The number of ether oxygens (including phenoxy) is 2. The second-order valence-corrected chi connectivity index (χ2v) is 5.26. The molecular formula is C15H20N2O2. The van der Waals surface area contributed by atoms with Crippen molar-refractivity contribution in [1.29, 1.82) is 5.26 Å². The van der Waals surface area contributed by atoms with E-state index in [1.165, 1.54) is 0 Å². The number of nitriles is 1. The fourth-order valence-corrected chi connectivity index (χ4v) is 2.38. The van der Waals surface area contributed by atoms with Crippen LogP contribution < -0.4 is 10.1 Å². The fourth-order valence-electron chi connectivity index (χ4n) is 2.38. The van der Waals surface area contributed by atoms with Gasteiger partial charge in [0, 0.05) is 12.2 Å². The summed E-state index contributed by atoms with van der Waals surface area (Å²) in [6.07, 6.45) is 0. The summed E-state index contributed by atoms with van der Waals surface area (Å²) in [5.41, 5.74) is 4.10. The third kappa shape index (κ3) is 2.39. The summed E-state index contributed by atoms with van der Waals surface area (Å²) in [5, 5.41) is 12.6. The van der Waals surface area contributed by atoms with Crippen molar-refractivity contribution in [1.82, 2.24) is 0 Å². The van der Waals surface area contributed by atoms with Crippen molar-refractivity contribution >= 4 is 5.69 Å². The Bertz CT molecular complexity index is 528. The van der Waals surface area contributed by atoms with Crippen LogP contribution in [0.2, 0.25) is 0 Å². The second-order valence-electron chi connectivity index (χ2n) is 5.26. The molecule has 0 radical (unpaired) electrons. The lowest BCUT2D eigenvalue weighted by molar-refractivity contribution is -0.0690. The van der Waals surface area contributed by atoms with Crippen molar-refractivity contribution in [2.45, 2.75) is 20.8 Å². The van der Waals surface area contributed by atoms with Gasteiger partial charge >= 0.3 is 0 Å². The van der Waals surface area contributed by atoms with E-state index in [0.29, 0.717) is 19.8 Å². The molecule has 0 unspecified atom stereocenters. The molecule has 1 aliphatic rings. The number of anilines is 1. The molecule has 4 heteroatoms. The Morgan fingerprint density at radius 3 is 2.53 bits per heavy atom. The second kappa shape index (κ2) is 5.10. The van der Waals surface area contributed by atoms with Gasteiger partial charge in [-0.1, -0.05) is 0 Å². The number of rotatable bonds is 4. The van der Waals surface area contributed by atoms with Crippen LogP contribution in [0.5, 0.6) is 5.75 Å². The molecule has 1 heterocycles. The van der Waals surface area contributed by atoms with Crippen molar-refractivity contribution in [3.05, 3.63) is 22.8 Å². The van der Waals surface area contributed by atoms with Gasteiger partial charge in [0.15, 0.2) is 0 Å². The number of nitrogens with one attached hydrogen (secondary N) is 1. The molecule has 1 aromatic carbocycles. The molecule has 4 nitrogen and oxygen atoms in total. The van der Waals surface area contributed by atoms with Crippen LogP contribution in [0.15, 0.2) is 6.07 Å². The van der Waals surface area contributed by atoms with Crippen LogP contribution in [-0.2, 0) is 4.74 Å². The van der Waals surface area contributed by atoms with Crippen molar-refractivity contribution in [2.24, 2.45) is 5.41 Å². The fraction of sp³-hybridized carbons (Fsp3) is 0.533. The predicted molar refractivity (Wildman–Crippen MR) is 74.6 cm³/mol. The van der Waals surface area contributed by atoms with Gasteiger partial charge in [0.1, 0.15) is 11.2 Å². The molecule has 0 atom stereocenters. The first kappa shape index (κ1) is 13.7. The highest BCUT2D eigenvalue weighted by Crippen LogP contribution is 2.33. The van der Waals surface area contributed by atoms with Crippen LogP contribution in [0.4, 0.5) is 5.69 Å². The molecule has 0 amide bonds. The lowest BCUT2D eigenvalue weighted by atomic mass is 9.87. The zero-order valence-electron chi connectivity index (χ0n) is 12.0. The molecule has 1 aliphatic heterocycles. The minimum absolute atomic E-state index is 0.367. The molecule has 0 bridgehead atoms. The van der Waals surface area contributed by atoms with Crippen LogP contribution in [0.3, 0.4) is 0 Å². The van der Waals surface area contributed by atoms with E-state index in [-0.39, 0.29) is 5.41 Å². The van der Waals surface area contributed by atoms with E-state index in [2.05, 4.69) is 31.3 Å². The quantitative estimate of drug-likeness (QED) is 0.904. The van der Waals surface area contributed by atoms with Gasteiger partial charge in [0.2, 0.25) is 0 Å². The summed E-state index contributed by atoms with van der Waals surface area (Å²) < 4.78 is 10.6. The molecule has 1 saturated heterocycles. The van der Waals surface area contributed by atoms with Gasteiger partial charge in [0.25, 0.3) is 0 Å². The zero-order valence-corrected chi connectivity index (χ0v) is 12.0. The molecule has 0 saturated carbocycles. The average molecular weight is 260 g/mol. The number of benzene rings is 1. The Hall–Kier alpha value is -1.73. The molecule has 2 rings (SSSR count). The molecule has 19 heavy (non-hydrogen) atoms. The van der Waals surface area contributed by atoms with Gasteiger partial charge < -0.3 is 14.8 Å². The van der Waals surface area contributed by atoms with Crippen LogP contribution in [0, 0.1) is 37.5 Å². The minimum atomic E-state index is -0.367. The Morgan fingerprint density at radius 2 is 2.05 bits per heavy atom. The number of hydrogen-bond acceptors (Lipinski definition) is 4. The van der Waals surface area contributed by atoms with Crippen LogP contribution in [0.1, 0.15) is 16.7 Å². The number of nitrogens with zero attached hydrogens (tertiary/aromatic N) is 1. The highest BCUT2D eigenvalue weighted by Gasteiger charge is 2.38. The maximum atomic E-state index is 9.19. The van der Waals surface area contributed by atoms with Gasteiger partial charge in [-0.2, -0.15) is 5.26 Å². The van der Waals surface area contributed by atoms with Crippen LogP contribution in [-0.4, -0.2) is 26.9 Å². The van der Waals surface area contributed by atoms with E-state index in [9.17, 15) is 5.26 Å². The standard InChI is InChI=1S/C15H20N2O2/c1-10-5-13(11(2)12(3)14(10)18-4)17-7-15(6-16)8-19-9-15/h5,17H,7-9H2,1-4H3. The highest BCUT2D eigenvalue weighted by atomic mass is 16.5. The summed E-state index contributed by atoms with van der Waals surface area (Å²) in [6.45, 7) is 7.81. The number of aryl methyl sites for hydroxylation is 1. The first-order chi connectivity index (χ1) is 9.03. The van der Waals surface area contributed by atoms with E-state index >= 15 is 0 Å². The summed E-state index contributed by atoms with van der Waals surface area (Å²) in [5.74, 6) is 0.935. The van der Waals surface area contributed by atoms with Crippen LogP contribution >= 0.6 is 0 Å². The van der Waals surface area contributed by atoms with Crippen molar-refractivity contribution in [3.8, 4) is 11.8 Å². The van der Waals surface area contributed by atoms with Gasteiger partial charge in [-0.25, -0.2) is 0 Å². The molecule has 0 aromatic heterocycles. The topological polar surface area (TPSA) is 54.3 Å². The van der Waals surface area contributed by atoms with Gasteiger partial charge in [-0.3, -0.25) is 0 Å². The largest absolute Gasteiger partial charge is 0.496 e. The normalized spacial score (nSPS) is 16.4. The minimum Gasteiger partial charge on any atom is -0.496 e. The Morgan fingerprint density at radius 1 is 1.37 bits per heavy atom. The molecule has 0 spiro atoms. The highest BCUT2D eigenvalue weighted by molar-refractivity contribution is 5.61. The lowest BCUT2D eigenvalue weighted by Gasteiger charge is -2.35. The third-order valence-electron chi connectivity index (χ3n) is 3.84. The molecular weight excluding hydrogens is 240 g/mol. The summed E-state index contributed by atoms with van der Waals surface area (Å²) >= 11 is 0. The van der Waals surface area contributed by atoms with Gasteiger partial charge in [-0.15, -0.1) is 0 Å². The molecule has 1 aromatic rings. The number of methoxy groups -OCH3 is 1. The maximum absolute atomic E-state index is 9.19. The smallest absolute Gasteiger partial charge is 0.125 e. The lowest BCUT2D eigenvalue weighted by Crippen LogP contribution is -2.46. The molecule has 1 fully saturated rings. The first-order valence-electron chi connectivity index (χ1n) is 6.40. The maximum Gasteiger partial charge on any atom is 0.125 e. The van der Waals surface area contributed by atoms with E-state index in [0.717, 1.165) is 28.1 Å². The van der Waals surface area contributed by atoms with E-state index in [4.69, 9.17) is 9.47 Å². The van der Waals surface area contributed by atoms with Gasteiger partial charge in [-0.05, 0) is 43.5 Å². The summed E-state index contributed by atoms with van der Waals surface area (Å²) in [4.78, 5) is 0. The molecule has 1 N–H and O–H groups in total. The predicted octanol–water partition coefficient (Wildman–Crippen LogP) is 2.57. The van der Waals surface area contributed by atoms with Gasteiger partial charge in [0.05, 0.1) is 26.4 Å². The third-order valence-corrected chi connectivity index (χ3v) is 3.84. The molecule has 0 aliphatic carbocycles. The van der Waals surface area contributed by atoms with E-state index in [1.54, 1.807) is 7.11 Å². The Labute approximate surface area is 114 Å². The molecule has 102 valence electrons. The number of hydrogen-bond donors (Lipinski definition) is 1. The van der Waals surface area contributed by atoms with Crippen molar-refractivity contribution < 1.29 is 9.47 Å². The van der Waals surface area contributed by atoms with E-state index < -0.39 is 0 Å². The van der Waals surface area contributed by atoms with Crippen LogP contribution in [0.25, 0.3) is 0 Å². The van der Waals surface area contributed by atoms with E-state index in [1.807, 2.05) is 6.92 Å². The average Bonchev–Trinajstić information content (AvgIpc) is 2.35. The summed E-state index contributed by atoms with van der Waals surface area (Å²) in [6, 6.07) is 4.42. The van der Waals surface area contributed by atoms with Crippen molar-refractivity contribution in [3.63, 3.8) is 0 Å². The Balaban J connectivity index is 2.20. The monoisotopic (exact) mass is 260 g/mol. The summed E-state index contributed by atoms with van der Waals surface area (Å²) in [7, 11) is 1.69. The SMILES string of the molecule is COc1c(C)cc(NCC2(C#N)COC2)c(C)c1C.